The fourth-order valence-electron chi connectivity index (χ4n) is 4.04. The SMILES string of the molecule is CCNC(=NCc1ccc(COC2CCOCC2)cc1)NC1CCN(C(C)C)CC1.I. The minimum Gasteiger partial charge on any atom is -0.381 e. The third kappa shape index (κ3) is 9.24. The van der Waals surface area contributed by atoms with Crippen molar-refractivity contribution in [2.75, 3.05) is 32.8 Å². The Hall–Kier alpha value is -0.900. The highest BCUT2D eigenvalue weighted by Crippen LogP contribution is 2.15. The van der Waals surface area contributed by atoms with Crippen LogP contribution in [0.1, 0.15) is 57.6 Å². The number of rotatable bonds is 8. The molecule has 2 saturated heterocycles. The van der Waals surface area contributed by atoms with Crippen LogP contribution in [0.4, 0.5) is 0 Å². The van der Waals surface area contributed by atoms with Crippen LogP contribution < -0.4 is 10.6 Å². The van der Waals surface area contributed by atoms with Crippen LogP contribution in [0, 0.1) is 0 Å². The first kappa shape index (κ1) is 26.4. The molecule has 31 heavy (non-hydrogen) atoms. The van der Waals surface area contributed by atoms with Gasteiger partial charge in [0.05, 0.1) is 19.3 Å². The zero-order chi connectivity index (χ0) is 21.2. The van der Waals surface area contributed by atoms with Gasteiger partial charge in [0.25, 0.3) is 0 Å². The molecule has 0 radical (unpaired) electrons. The molecule has 2 aliphatic rings. The molecule has 0 unspecified atom stereocenters. The van der Waals surface area contributed by atoms with E-state index in [-0.39, 0.29) is 24.0 Å². The molecule has 0 aromatic heterocycles. The molecule has 2 fully saturated rings. The maximum Gasteiger partial charge on any atom is 0.191 e. The summed E-state index contributed by atoms with van der Waals surface area (Å²) in [6.07, 6.45) is 4.69. The summed E-state index contributed by atoms with van der Waals surface area (Å²) in [6, 6.07) is 9.78. The quantitative estimate of drug-likeness (QED) is 0.295. The first-order valence-electron chi connectivity index (χ1n) is 11.7. The maximum atomic E-state index is 6.01. The Kier molecular flexibility index (Phi) is 12.1. The average Bonchev–Trinajstić information content (AvgIpc) is 2.78. The summed E-state index contributed by atoms with van der Waals surface area (Å²) in [5, 5.41) is 7.03. The van der Waals surface area contributed by atoms with Gasteiger partial charge in [-0.1, -0.05) is 24.3 Å². The van der Waals surface area contributed by atoms with Crippen LogP contribution >= 0.6 is 24.0 Å². The van der Waals surface area contributed by atoms with Crippen molar-refractivity contribution in [3.63, 3.8) is 0 Å². The van der Waals surface area contributed by atoms with Gasteiger partial charge in [-0.05, 0) is 57.6 Å². The van der Waals surface area contributed by atoms with Crippen molar-refractivity contribution >= 4 is 29.9 Å². The van der Waals surface area contributed by atoms with Gasteiger partial charge < -0.3 is 25.0 Å². The van der Waals surface area contributed by atoms with Crippen molar-refractivity contribution in [1.82, 2.24) is 15.5 Å². The van der Waals surface area contributed by atoms with Crippen LogP contribution in [0.5, 0.6) is 0 Å². The maximum absolute atomic E-state index is 6.01. The molecule has 2 N–H and O–H groups in total. The van der Waals surface area contributed by atoms with Crippen molar-refractivity contribution in [2.24, 2.45) is 4.99 Å². The van der Waals surface area contributed by atoms with E-state index < -0.39 is 0 Å². The van der Waals surface area contributed by atoms with Crippen molar-refractivity contribution in [3.8, 4) is 0 Å². The Morgan fingerprint density at radius 2 is 1.74 bits per heavy atom. The number of aliphatic imine (C=N–C) groups is 1. The zero-order valence-electron chi connectivity index (χ0n) is 19.4. The van der Waals surface area contributed by atoms with E-state index in [1.807, 2.05) is 0 Å². The van der Waals surface area contributed by atoms with Gasteiger partial charge in [-0.25, -0.2) is 4.99 Å². The first-order valence-corrected chi connectivity index (χ1v) is 11.7. The number of hydrogen-bond donors (Lipinski definition) is 2. The number of likely N-dealkylation sites (tertiary alicyclic amines) is 1. The monoisotopic (exact) mass is 544 g/mol. The largest absolute Gasteiger partial charge is 0.381 e. The molecule has 0 bridgehead atoms. The molecule has 2 heterocycles. The van der Waals surface area contributed by atoms with E-state index in [0.29, 0.717) is 31.3 Å². The number of guanidine groups is 1. The number of nitrogens with zero attached hydrogens (tertiary/aromatic N) is 2. The third-order valence-electron chi connectivity index (χ3n) is 6.04. The Morgan fingerprint density at radius 3 is 2.35 bits per heavy atom. The second kappa shape index (κ2) is 14.3. The summed E-state index contributed by atoms with van der Waals surface area (Å²) in [5.74, 6) is 0.924. The summed E-state index contributed by atoms with van der Waals surface area (Å²) >= 11 is 0. The Morgan fingerprint density at radius 1 is 1.10 bits per heavy atom. The van der Waals surface area contributed by atoms with Gasteiger partial charge in [-0.2, -0.15) is 0 Å². The molecule has 0 saturated carbocycles. The van der Waals surface area contributed by atoms with Crippen LogP contribution in [-0.4, -0.2) is 61.9 Å². The molecular formula is C24H41IN4O2. The second-order valence-corrected chi connectivity index (χ2v) is 8.68. The molecule has 0 atom stereocenters. The van der Waals surface area contributed by atoms with Gasteiger partial charge in [0.2, 0.25) is 0 Å². The Bertz CT molecular complexity index is 639. The molecule has 0 aliphatic carbocycles. The summed E-state index contributed by atoms with van der Waals surface area (Å²) in [7, 11) is 0. The lowest BCUT2D eigenvalue weighted by molar-refractivity contribution is -0.0390. The topological polar surface area (TPSA) is 58.1 Å². The first-order chi connectivity index (χ1) is 14.6. The summed E-state index contributed by atoms with van der Waals surface area (Å²) < 4.78 is 11.4. The normalized spacial score (nSPS) is 19.3. The van der Waals surface area contributed by atoms with Gasteiger partial charge >= 0.3 is 0 Å². The third-order valence-corrected chi connectivity index (χ3v) is 6.04. The van der Waals surface area contributed by atoms with E-state index in [4.69, 9.17) is 14.5 Å². The molecule has 6 nitrogen and oxygen atoms in total. The van der Waals surface area contributed by atoms with Gasteiger partial charge in [0.1, 0.15) is 0 Å². The Balaban J connectivity index is 0.00000341. The number of hydrogen-bond acceptors (Lipinski definition) is 4. The van der Waals surface area contributed by atoms with Gasteiger partial charge in [-0.15, -0.1) is 24.0 Å². The second-order valence-electron chi connectivity index (χ2n) is 8.68. The predicted molar refractivity (Wildman–Crippen MR) is 138 cm³/mol. The lowest BCUT2D eigenvalue weighted by Gasteiger charge is -2.35. The van der Waals surface area contributed by atoms with Crippen molar-refractivity contribution in [3.05, 3.63) is 35.4 Å². The van der Waals surface area contributed by atoms with Gasteiger partial charge in [0, 0.05) is 44.9 Å². The van der Waals surface area contributed by atoms with Crippen LogP contribution in [-0.2, 0) is 22.6 Å². The molecule has 1 aromatic rings. The lowest BCUT2D eigenvalue weighted by Crippen LogP contribution is -2.49. The van der Waals surface area contributed by atoms with E-state index >= 15 is 0 Å². The highest BCUT2D eigenvalue weighted by molar-refractivity contribution is 14.0. The molecule has 2 aliphatic heterocycles. The van der Waals surface area contributed by atoms with E-state index in [1.165, 1.54) is 24.0 Å². The lowest BCUT2D eigenvalue weighted by atomic mass is 10.0. The highest BCUT2D eigenvalue weighted by Gasteiger charge is 2.21. The fraction of sp³-hybridized carbons (Fsp3) is 0.708. The van der Waals surface area contributed by atoms with Gasteiger partial charge in [0.15, 0.2) is 5.96 Å². The minimum absolute atomic E-state index is 0. The number of halogens is 1. The van der Waals surface area contributed by atoms with E-state index in [1.54, 1.807) is 0 Å². The fourth-order valence-corrected chi connectivity index (χ4v) is 4.04. The number of piperidine rings is 1. The highest BCUT2D eigenvalue weighted by atomic mass is 127. The number of benzene rings is 1. The summed E-state index contributed by atoms with van der Waals surface area (Å²) in [4.78, 5) is 7.37. The standard InChI is InChI=1S/C24H40N4O2.HI/c1-4-25-24(27-22-9-13-28(14-10-22)19(2)3)26-17-20-5-7-21(8-6-20)18-30-23-11-15-29-16-12-23;/h5-8,19,22-23H,4,9-18H2,1-3H3,(H2,25,26,27);1H. The number of ether oxygens (including phenoxy) is 2. The van der Waals surface area contributed by atoms with Crippen molar-refractivity contribution < 1.29 is 9.47 Å². The zero-order valence-corrected chi connectivity index (χ0v) is 21.8. The smallest absolute Gasteiger partial charge is 0.191 e. The van der Waals surface area contributed by atoms with Crippen LogP contribution in [0.2, 0.25) is 0 Å². The van der Waals surface area contributed by atoms with E-state index in [2.05, 4.69) is 60.6 Å². The van der Waals surface area contributed by atoms with E-state index in [0.717, 1.165) is 51.6 Å². The molecule has 1 aromatic carbocycles. The molecule has 3 rings (SSSR count). The number of nitrogens with one attached hydrogen (secondary N) is 2. The van der Waals surface area contributed by atoms with Crippen molar-refractivity contribution in [1.29, 1.82) is 0 Å². The molecular weight excluding hydrogens is 503 g/mol. The Labute approximate surface area is 205 Å². The minimum atomic E-state index is 0. The van der Waals surface area contributed by atoms with Crippen LogP contribution in [0.25, 0.3) is 0 Å². The summed E-state index contributed by atoms with van der Waals surface area (Å²) in [5.41, 5.74) is 2.44. The molecule has 0 spiro atoms. The van der Waals surface area contributed by atoms with Crippen LogP contribution in [0.15, 0.2) is 29.3 Å². The predicted octanol–water partition coefficient (Wildman–Crippen LogP) is 3.93. The molecule has 0 amide bonds. The van der Waals surface area contributed by atoms with E-state index in [9.17, 15) is 0 Å². The van der Waals surface area contributed by atoms with Gasteiger partial charge in [-0.3, -0.25) is 0 Å². The summed E-state index contributed by atoms with van der Waals surface area (Å²) in [6.45, 7) is 12.9. The van der Waals surface area contributed by atoms with Crippen molar-refractivity contribution in [2.45, 2.75) is 77.8 Å². The average molecular weight is 545 g/mol. The molecule has 7 heteroatoms. The molecule has 176 valence electrons. The van der Waals surface area contributed by atoms with Crippen LogP contribution in [0.3, 0.4) is 0 Å².